The Bertz CT molecular complexity index is 1240. The fourth-order valence-electron chi connectivity index (χ4n) is 5.16. The Morgan fingerprint density at radius 3 is 2.32 bits per heavy atom. The summed E-state index contributed by atoms with van der Waals surface area (Å²) in [4.78, 5) is 37.7. The highest BCUT2D eigenvalue weighted by molar-refractivity contribution is 5.81. The van der Waals surface area contributed by atoms with Gasteiger partial charge in [-0.05, 0) is 18.4 Å². The van der Waals surface area contributed by atoms with Gasteiger partial charge in [0, 0.05) is 51.7 Å². The lowest BCUT2D eigenvalue weighted by Crippen LogP contribution is -2.56. The number of aromatic amines is 1. The maximum absolute atomic E-state index is 13.5. The van der Waals surface area contributed by atoms with Crippen LogP contribution in [0.5, 0.6) is 0 Å². The van der Waals surface area contributed by atoms with Gasteiger partial charge in [0.2, 0.25) is 5.95 Å². The van der Waals surface area contributed by atoms with Crippen LogP contribution in [0.3, 0.4) is 0 Å². The summed E-state index contributed by atoms with van der Waals surface area (Å²) in [6.07, 6.45) is -8.36. The van der Waals surface area contributed by atoms with Gasteiger partial charge in [-0.25, -0.2) is 15.1 Å². The first-order valence-corrected chi connectivity index (χ1v) is 11.9. The fraction of sp³-hybridized carbons (Fsp3) is 0.591. The molecule has 0 saturated carbocycles. The van der Waals surface area contributed by atoms with Gasteiger partial charge in [0.1, 0.15) is 11.7 Å². The zero-order valence-corrected chi connectivity index (χ0v) is 19.8. The molecule has 2 aromatic heterocycles. The van der Waals surface area contributed by atoms with Crippen LogP contribution >= 0.6 is 0 Å². The van der Waals surface area contributed by atoms with E-state index in [9.17, 15) is 35.9 Å². The Hall–Kier alpha value is -3.27. The molecule has 2 aliphatic heterocycles. The molecular formula is C22H23F6N7O3. The van der Waals surface area contributed by atoms with Crippen molar-refractivity contribution in [2.75, 3.05) is 50.8 Å². The van der Waals surface area contributed by atoms with Gasteiger partial charge in [0.05, 0.1) is 23.9 Å². The normalized spacial score (nSPS) is 23.0. The van der Waals surface area contributed by atoms with Crippen molar-refractivity contribution < 1.29 is 35.9 Å². The smallest absolute Gasteiger partial charge is 0.366 e. The quantitative estimate of drug-likeness (QED) is 0.579. The summed E-state index contributed by atoms with van der Waals surface area (Å²) >= 11 is 0. The van der Waals surface area contributed by atoms with Crippen molar-refractivity contribution in [2.24, 2.45) is 0 Å². The minimum absolute atomic E-state index is 0.0513. The third kappa shape index (κ3) is 5.06. The average Bonchev–Trinajstić information content (AvgIpc) is 3.31. The van der Waals surface area contributed by atoms with Crippen LogP contribution < -0.4 is 10.5 Å². The van der Waals surface area contributed by atoms with Gasteiger partial charge in [0.25, 0.3) is 11.5 Å². The van der Waals surface area contributed by atoms with E-state index in [0.29, 0.717) is 38.4 Å². The zero-order valence-electron chi connectivity index (χ0n) is 19.8. The average molecular weight is 547 g/mol. The second-order valence-electron chi connectivity index (χ2n) is 9.28. The van der Waals surface area contributed by atoms with Gasteiger partial charge in [-0.3, -0.25) is 14.5 Å². The summed E-state index contributed by atoms with van der Waals surface area (Å²) in [5.41, 5.74) is -3.39. The number of aromatic nitrogens is 4. The minimum Gasteiger partial charge on any atom is -0.366 e. The molecule has 10 nitrogen and oxygen atoms in total. The van der Waals surface area contributed by atoms with E-state index >= 15 is 0 Å². The molecule has 0 bridgehead atoms. The zero-order chi connectivity index (χ0) is 27.2. The van der Waals surface area contributed by atoms with Crippen LogP contribution in [0.15, 0.2) is 17.2 Å². The maximum Gasteiger partial charge on any atom is 0.422 e. The van der Waals surface area contributed by atoms with Gasteiger partial charge in [0.15, 0.2) is 0 Å². The lowest BCUT2D eigenvalue weighted by molar-refractivity contribution is -0.151. The third-order valence-corrected chi connectivity index (χ3v) is 7.04. The van der Waals surface area contributed by atoms with Gasteiger partial charge in [-0.2, -0.15) is 31.4 Å². The largest absolute Gasteiger partial charge is 0.422 e. The highest BCUT2D eigenvalue weighted by Crippen LogP contribution is 2.40. The Morgan fingerprint density at radius 1 is 1.00 bits per heavy atom. The first kappa shape index (κ1) is 26.3. The number of carbonyl (C=O) groups excluding carboxylic acids is 1. The summed E-state index contributed by atoms with van der Waals surface area (Å²) in [6.45, 7) is 1.88. The van der Waals surface area contributed by atoms with Gasteiger partial charge in [-0.15, -0.1) is 0 Å². The summed E-state index contributed by atoms with van der Waals surface area (Å²) in [5.74, 6) is -0.153. The number of rotatable bonds is 3. The molecule has 2 fully saturated rings. The lowest BCUT2D eigenvalue weighted by atomic mass is 10.1. The molecule has 1 amide bonds. The molecule has 38 heavy (non-hydrogen) atoms. The number of fused-ring (bicyclic) bond motifs is 1. The first-order chi connectivity index (χ1) is 17.9. The molecule has 2 saturated heterocycles. The summed E-state index contributed by atoms with van der Waals surface area (Å²) in [5, 5.41) is 5.87. The molecule has 2 atom stereocenters. The maximum atomic E-state index is 13.5. The number of hydrogen-bond donors (Lipinski definition) is 1. The lowest BCUT2D eigenvalue weighted by Gasteiger charge is -2.40. The second-order valence-corrected chi connectivity index (χ2v) is 9.28. The number of morpholine rings is 1. The molecule has 1 N–H and O–H groups in total. The van der Waals surface area contributed by atoms with E-state index in [4.69, 9.17) is 4.74 Å². The highest BCUT2D eigenvalue weighted by atomic mass is 19.4. The standard InChI is InChI=1S/C22H23F6N7O3/c23-21(24,25)12-9-29-20(30-10-12)34-5-3-33(4-6-34)19(37)15-11-35(7-8-38-15)14-2-1-13-16(22(26,27)28)18(36)32-31-17(13)14/h9-10,14-15H,1-8,11H2,(H,32,36)/t14-,15+/m1/s1. The topological polar surface area (TPSA) is 108 Å². The number of amides is 1. The van der Waals surface area contributed by atoms with Crippen LogP contribution in [0.2, 0.25) is 0 Å². The molecule has 5 rings (SSSR count). The molecule has 0 unspecified atom stereocenters. The van der Waals surface area contributed by atoms with Gasteiger partial charge >= 0.3 is 12.4 Å². The molecule has 0 spiro atoms. The number of nitrogens with one attached hydrogen (secondary N) is 1. The second kappa shape index (κ2) is 9.80. The van der Waals surface area contributed by atoms with Crippen LogP contribution in [-0.4, -0.2) is 87.9 Å². The van der Waals surface area contributed by atoms with Crippen LogP contribution in [0.25, 0.3) is 0 Å². The van der Waals surface area contributed by atoms with Crippen molar-refractivity contribution in [3.8, 4) is 0 Å². The molecule has 1 aliphatic carbocycles. The highest BCUT2D eigenvalue weighted by Gasteiger charge is 2.44. The van der Waals surface area contributed by atoms with E-state index in [2.05, 4.69) is 15.1 Å². The predicted molar refractivity (Wildman–Crippen MR) is 118 cm³/mol. The van der Waals surface area contributed by atoms with E-state index in [1.54, 1.807) is 9.80 Å². The van der Waals surface area contributed by atoms with Crippen molar-refractivity contribution in [3.63, 3.8) is 0 Å². The van der Waals surface area contributed by atoms with Crippen LogP contribution in [0.1, 0.15) is 34.8 Å². The van der Waals surface area contributed by atoms with Crippen molar-refractivity contribution in [1.29, 1.82) is 0 Å². The van der Waals surface area contributed by atoms with Gasteiger partial charge < -0.3 is 14.5 Å². The van der Waals surface area contributed by atoms with Crippen LogP contribution in [0, 0.1) is 0 Å². The van der Waals surface area contributed by atoms with Gasteiger partial charge in [-0.1, -0.05) is 0 Å². The van der Waals surface area contributed by atoms with E-state index < -0.39 is 41.2 Å². The fourth-order valence-corrected chi connectivity index (χ4v) is 5.16. The Balaban J connectivity index is 1.21. The summed E-state index contributed by atoms with van der Waals surface area (Å²) in [7, 11) is 0. The number of ether oxygens (including phenoxy) is 1. The van der Waals surface area contributed by atoms with Crippen LogP contribution in [0.4, 0.5) is 32.3 Å². The molecule has 206 valence electrons. The van der Waals surface area contributed by atoms with E-state index in [1.807, 2.05) is 10.00 Å². The van der Waals surface area contributed by atoms with Crippen molar-refractivity contribution in [2.45, 2.75) is 37.3 Å². The summed E-state index contributed by atoms with van der Waals surface area (Å²) in [6, 6.07) is -0.490. The van der Waals surface area contributed by atoms with E-state index in [0.717, 1.165) is 0 Å². The van der Waals surface area contributed by atoms with E-state index in [-0.39, 0.29) is 55.8 Å². The Morgan fingerprint density at radius 2 is 1.68 bits per heavy atom. The number of alkyl halides is 6. The number of nitrogens with zero attached hydrogens (tertiary/aromatic N) is 6. The van der Waals surface area contributed by atoms with Crippen molar-refractivity contribution in [3.05, 3.63) is 45.1 Å². The molecule has 4 heterocycles. The third-order valence-electron chi connectivity index (χ3n) is 7.04. The molecular weight excluding hydrogens is 524 g/mol. The molecule has 0 radical (unpaired) electrons. The monoisotopic (exact) mass is 547 g/mol. The number of anilines is 1. The first-order valence-electron chi connectivity index (χ1n) is 11.9. The van der Waals surface area contributed by atoms with Crippen LogP contribution in [-0.2, 0) is 28.3 Å². The molecule has 2 aromatic rings. The molecule has 0 aromatic carbocycles. The number of piperazine rings is 1. The minimum atomic E-state index is -4.80. The predicted octanol–water partition coefficient (Wildman–Crippen LogP) is 1.63. The Labute approximate surface area is 211 Å². The van der Waals surface area contributed by atoms with Crippen molar-refractivity contribution in [1.82, 2.24) is 30.0 Å². The SMILES string of the molecule is O=C([C@@H]1CN([C@@H]2CCc3c2n[nH]c(=O)c3C(F)(F)F)CCO1)N1CCN(c2ncc(C(F)(F)F)cn2)CC1. The number of carbonyl (C=O) groups is 1. The van der Waals surface area contributed by atoms with Crippen molar-refractivity contribution >= 4 is 11.9 Å². The number of hydrogen-bond acceptors (Lipinski definition) is 8. The van der Waals surface area contributed by atoms with E-state index in [1.165, 1.54) is 0 Å². The number of H-pyrrole nitrogens is 1. The number of halogens is 6. The Kier molecular flexibility index (Phi) is 6.79. The summed E-state index contributed by atoms with van der Waals surface area (Å²) < 4.78 is 84.3. The molecule has 3 aliphatic rings. The molecule has 16 heteroatoms.